The maximum absolute atomic E-state index is 16.1. The van der Waals surface area contributed by atoms with Gasteiger partial charge in [0.2, 0.25) is 0 Å². The van der Waals surface area contributed by atoms with E-state index < -0.39 is 71.6 Å². The molecule has 2 bridgehead atoms. The molecule has 1 fully saturated rings. The number of carbonyl (C=O) groups is 2. The van der Waals surface area contributed by atoms with Gasteiger partial charge in [0.1, 0.15) is 0 Å². The number of benzene rings is 8. The van der Waals surface area contributed by atoms with Gasteiger partial charge in [0.05, 0.1) is 0 Å². The van der Waals surface area contributed by atoms with E-state index in [1.807, 2.05) is 158 Å². The molecule has 7 heteroatoms. The fraction of sp³-hybridized carbons (Fsp3) is 0.0714. The summed E-state index contributed by atoms with van der Waals surface area (Å²) in [5.41, 5.74) is 0. The number of carbonyl (C=O) groups excluding carboxylic acids is 2. The molecule has 310 valence electrons. The SMILES string of the molecule is O=C([O][Sb]([c]1ccccc1)([c]1ccccc1)([c]1ccccc1)[c]1ccccc1)[C@@H]1[C@H](C(=O)[O][Sb]([c]2ccccc2)([c]2ccccc2)([c]2ccccc2)[c]2ccccc2)[C@H]2C=C[C@@H]1O2. The first kappa shape index (κ1) is 41.1. The monoisotopic (exact) mass is 1040 g/mol. The van der Waals surface area contributed by atoms with Gasteiger partial charge in [-0.05, 0) is 0 Å². The molecule has 63 heavy (non-hydrogen) atoms. The molecule has 0 spiro atoms. The fourth-order valence-corrected chi connectivity index (χ4v) is 42.5. The Bertz CT molecular complexity index is 2340. The van der Waals surface area contributed by atoms with E-state index in [1.54, 1.807) is 0 Å². The quantitative estimate of drug-likeness (QED) is 0.116. The summed E-state index contributed by atoms with van der Waals surface area (Å²) in [6.07, 6.45) is 2.40. The van der Waals surface area contributed by atoms with Crippen LogP contribution in [-0.2, 0) is 20.4 Å². The van der Waals surface area contributed by atoms with Crippen molar-refractivity contribution in [1.82, 2.24) is 0 Å². The van der Waals surface area contributed by atoms with Crippen LogP contribution in [0.4, 0.5) is 0 Å². The first-order chi connectivity index (χ1) is 31.0. The van der Waals surface area contributed by atoms with Crippen LogP contribution in [0.15, 0.2) is 255 Å². The van der Waals surface area contributed by atoms with Gasteiger partial charge in [0, 0.05) is 0 Å². The molecule has 1 saturated heterocycles. The van der Waals surface area contributed by atoms with E-state index in [0.717, 1.165) is 28.1 Å². The molecule has 8 aromatic carbocycles. The normalized spacial score (nSPS) is 19.2. The predicted octanol–water partition coefficient (Wildman–Crippen LogP) is 5.70. The van der Waals surface area contributed by atoms with E-state index >= 15 is 9.59 Å². The van der Waals surface area contributed by atoms with Crippen LogP contribution in [0, 0.1) is 11.8 Å². The first-order valence-electron chi connectivity index (χ1n) is 21.3. The fourth-order valence-electron chi connectivity index (χ4n) is 10.3. The third-order valence-corrected chi connectivity index (χ3v) is 45.4. The molecule has 0 amide bonds. The molecular formula is C56H46O5Sb2. The van der Waals surface area contributed by atoms with Gasteiger partial charge in [0.25, 0.3) is 0 Å². The van der Waals surface area contributed by atoms with Gasteiger partial charge in [0.15, 0.2) is 0 Å². The van der Waals surface area contributed by atoms with Crippen molar-refractivity contribution in [1.29, 1.82) is 0 Å². The summed E-state index contributed by atoms with van der Waals surface area (Å²) in [6.45, 7) is 0. The van der Waals surface area contributed by atoms with E-state index in [-0.39, 0.29) is 0 Å². The molecule has 10 rings (SSSR count). The Morgan fingerprint density at radius 3 is 0.651 bits per heavy atom. The van der Waals surface area contributed by atoms with Gasteiger partial charge >= 0.3 is 375 Å². The van der Waals surface area contributed by atoms with Crippen molar-refractivity contribution in [2.75, 3.05) is 0 Å². The van der Waals surface area contributed by atoms with Gasteiger partial charge in [-0.15, -0.1) is 0 Å². The van der Waals surface area contributed by atoms with E-state index in [9.17, 15) is 0 Å². The second kappa shape index (κ2) is 16.6. The molecule has 8 aromatic rings. The van der Waals surface area contributed by atoms with Crippen LogP contribution in [-0.4, -0.2) is 59.8 Å². The molecule has 0 N–H and O–H groups in total. The van der Waals surface area contributed by atoms with Crippen LogP contribution in [0.25, 0.3) is 0 Å². The van der Waals surface area contributed by atoms with Crippen molar-refractivity contribution in [2.24, 2.45) is 11.8 Å². The van der Waals surface area contributed by atoms with E-state index in [2.05, 4.69) is 97.1 Å². The zero-order valence-corrected chi connectivity index (χ0v) is 39.6. The zero-order valence-electron chi connectivity index (χ0n) is 34.5. The molecule has 0 aliphatic carbocycles. The van der Waals surface area contributed by atoms with Crippen molar-refractivity contribution in [3.05, 3.63) is 255 Å². The average molecular weight is 1040 g/mol. The van der Waals surface area contributed by atoms with Gasteiger partial charge in [-0.3, -0.25) is 0 Å². The average Bonchev–Trinajstić information content (AvgIpc) is 4.00. The third-order valence-electron chi connectivity index (χ3n) is 13.0. The van der Waals surface area contributed by atoms with Gasteiger partial charge < -0.3 is 0 Å². The minimum absolute atomic E-state index is 0.497. The number of fused-ring (bicyclic) bond motifs is 2. The molecule has 0 unspecified atom stereocenters. The zero-order chi connectivity index (χ0) is 42.8. The van der Waals surface area contributed by atoms with Crippen molar-refractivity contribution in [3.8, 4) is 0 Å². The van der Waals surface area contributed by atoms with Crippen molar-refractivity contribution >= 4 is 75.7 Å². The summed E-state index contributed by atoms with van der Waals surface area (Å²) in [5.74, 6) is -3.03. The predicted molar refractivity (Wildman–Crippen MR) is 257 cm³/mol. The van der Waals surface area contributed by atoms with Crippen molar-refractivity contribution in [3.63, 3.8) is 0 Å². The van der Waals surface area contributed by atoms with Crippen molar-refractivity contribution < 1.29 is 20.4 Å². The van der Waals surface area contributed by atoms with Crippen LogP contribution >= 0.6 is 0 Å². The van der Waals surface area contributed by atoms with Crippen LogP contribution in [0.1, 0.15) is 0 Å². The van der Waals surface area contributed by atoms with Crippen LogP contribution in [0.3, 0.4) is 0 Å². The molecule has 2 aliphatic rings. The van der Waals surface area contributed by atoms with E-state index in [1.165, 1.54) is 0 Å². The Morgan fingerprint density at radius 2 is 0.476 bits per heavy atom. The molecular weight excluding hydrogens is 996 g/mol. The van der Waals surface area contributed by atoms with Gasteiger partial charge in [-0.1, -0.05) is 0 Å². The molecule has 0 aromatic heterocycles. The molecule has 4 atom stereocenters. The van der Waals surface area contributed by atoms with Crippen LogP contribution in [0.5, 0.6) is 0 Å². The van der Waals surface area contributed by atoms with Gasteiger partial charge in [-0.25, -0.2) is 0 Å². The van der Waals surface area contributed by atoms with Crippen LogP contribution in [0.2, 0.25) is 0 Å². The molecule has 2 heterocycles. The minimum atomic E-state index is -5.75. The van der Waals surface area contributed by atoms with Gasteiger partial charge in [-0.2, -0.15) is 0 Å². The second-order valence-corrected chi connectivity index (χ2v) is 40.7. The summed E-state index contributed by atoms with van der Waals surface area (Å²) in [5, 5.41) is 0. The number of hydrogen-bond donors (Lipinski definition) is 0. The standard InChI is InChI=1S/C8H8O5.8C6H5.2Sb/c9-7(10)5-3-1-2-4(13-3)6(5)8(11)12;8*1-2-4-6-5-3-1;;/h1-6H,(H,9,10)(H,11,12);8*1-5H;;/q;;;;;;;;;2*+1/p-2/t3-,4+,5-,6+;;;;;;;;;;. The Hall–Kier alpha value is -5.96. The molecule has 0 radical (unpaired) electrons. The van der Waals surface area contributed by atoms with Crippen LogP contribution < -0.4 is 28.1 Å². The first-order valence-corrected chi connectivity index (χ1v) is 33.6. The number of rotatable bonds is 12. The summed E-state index contributed by atoms with van der Waals surface area (Å²) >= 11 is -11.5. The summed E-state index contributed by atoms with van der Waals surface area (Å²) in [6, 6.07) is 81.6. The Labute approximate surface area is 371 Å². The van der Waals surface area contributed by atoms with Crippen molar-refractivity contribution in [2.45, 2.75) is 12.2 Å². The third kappa shape index (κ3) is 6.16. The second-order valence-electron chi connectivity index (χ2n) is 16.1. The Morgan fingerprint density at radius 1 is 0.302 bits per heavy atom. The summed E-state index contributed by atoms with van der Waals surface area (Å²) in [4.78, 5) is 32.2. The van der Waals surface area contributed by atoms with E-state index in [4.69, 9.17) is 10.8 Å². The topological polar surface area (TPSA) is 61.8 Å². The number of hydrogen-bond acceptors (Lipinski definition) is 5. The molecule has 2 aliphatic heterocycles. The Kier molecular flexibility index (Phi) is 10.8. The summed E-state index contributed by atoms with van der Waals surface area (Å²) < 4.78 is 29.5. The molecule has 5 nitrogen and oxygen atoms in total. The number of ether oxygens (including phenoxy) is 1. The Balaban J connectivity index is 1.20. The van der Waals surface area contributed by atoms with E-state index in [0.29, 0.717) is 0 Å². The maximum atomic E-state index is 16.1. The molecule has 0 saturated carbocycles. The summed E-state index contributed by atoms with van der Waals surface area (Å²) in [7, 11) is 0.